The second-order valence-electron chi connectivity index (χ2n) is 9.04. The maximum absolute atomic E-state index is 13.6. The van der Waals surface area contributed by atoms with Crippen LogP contribution in [0.2, 0.25) is 0 Å². The lowest BCUT2D eigenvalue weighted by molar-refractivity contribution is 0.0968. The van der Waals surface area contributed by atoms with Gasteiger partial charge >= 0.3 is 5.63 Å². The number of Topliss-reactive ketones (excluding diaryl/α,β-unsaturated/α-hetero) is 1. The van der Waals surface area contributed by atoms with Gasteiger partial charge < -0.3 is 4.42 Å². The predicted molar refractivity (Wildman–Crippen MR) is 149 cm³/mol. The Kier molecular flexibility index (Phi) is 7.37. The van der Waals surface area contributed by atoms with E-state index < -0.39 is 27.6 Å². The number of aryl methyl sites for hydroxylation is 1. The number of ketones is 1. The number of nitrogens with one attached hydrogen (secondary N) is 1. The molecular weight excluding hydrogens is 518 g/mol. The molecule has 3 aromatic carbocycles. The first-order chi connectivity index (χ1) is 18.3. The van der Waals surface area contributed by atoms with E-state index in [1.807, 2.05) is 42.6 Å². The first-order valence-corrected chi connectivity index (χ1v) is 14.4. The van der Waals surface area contributed by atoms with Crippen molar-refractivity contribution in [3.8, 4) is 0 Å². The van der Waals surface area contributed by atoms with Crippen LogP contribution in [0.15, 0.2) is 117 Å². The maximum Gasteiger partial charge on any atom is 0.336 e. The van der Waals surface area contributed by atoms with E-state index in [0.29, 0.717) is 22.1 Å². The average molecular weight is 544 g/mol. The molecule has 38 heavy (non-hydrogen) atoms. The van der Waals surface area contributed by atoms with Crippen LogP contribution < -0.4 is 10.3 Å². The normalized spacial score (nSPS) is 13.3. The third-order valence-corrected chi connectivity index (χ3v) is 8.86. The summed E-state index contributed by atoms with van der Waals surface area (Å²) in [4.78, 5) is 27.0. The zero-order valence-electron chi connectivity index (χ0n) is 20.5. The second kappa shape index (κ2) is 10.9. The molecule has 5 rings (SSSR count). The topological polar surface area (TPSA) is 93.5 Å². The SMILES string of the molecule is Cc1ccc(S(=O)(=O)N[C@H](c2cccs2)[C@@H](CC(=O)c2ccccc2)c2cc(=O)oc3ccccc23)cc1. The Morgan fingerprint density at radius 2 is 1.63 bits per heavy atom. The fourth-order valence-corrected chi connectivity index (χ4v) is 6.72. The molecule has 1 N–H and O–H groups in total. The maximum atomic E-state index is 13.6. The standard InChI is InChI=1S/C30H25NO5S2/c1-20-13-15-22(16-14-20)38(34,35)31-30(28-12-7-17-37-28)25(18-26(32)21-8-3-2-4-9-21)24-19-29(33)36-27-11-6-5-10-23(24)27/h2-17,19,25,30-31H,18H2,1H3/t25-,30-/m0/s1. The molecule has 0 unspecified atom stereocenters. The molecule has 0 fully saturated rings. The number of hydrogen-bond acceptors (Lipinski definition) is 6. The second-order valence-corrected chi connectivity index (χ2v) is 11.7. The summed E-state index contributed by atoms with van der Waals surface area (Å²) in [5.41, 5.74) is 1.80. The zero-order valence-corrected chi connectivity index (χ0v) is 22.2. The van der Waals surface area contributed by atoms with Gasteiger partial charge in [-0.3, -0.25) is 4.79 Å². The lowest BCUT2D eigenvalue weighted by Crippen LogP contribution is -2.33. The quantitative estimate of drug-likeness (QED) is 0.175. The molecule has 5 aromatic rings. The third-order valence-electron chi connectivity index (χ3n) is 6.45. The van der Waals surface area contributed by atoms with Gasteiger partial charge in [0.15, 0.2) is 5.78 Å². The van der Waals surface area contributed by atoms with Crippen LogP contribution in [0.5, 0.6) is 0 Å². The van der Waals surface area contributed by atoms with Gasteiger partial charge in [-0.1, -0.05) is 72.3 Å². The molecule has 0 saturated heterocycles. The number of fused-ring (bicyclic) bond motifs is 1. The number of hydrogen-bond donors (Lipinski definition) is 1. The van der Waals surface area contributed by atoms with Crippen molar-refractivity contribution in [3.63, 3.8) is 0 Å². The molecule has 0 saturated carbocycles. The molecule has 0 aliphatic carbocycles. The number of rotatable bonds is 9. The average Bonchev–Trinajstić information content (AvgIpc) is 3.46. The summed E-state index contributed by atoms with van der Waals surface area (Å²) in [6.07, 6.45) is -0.0313. The summed E-state index contributed by atoms with van der Waals surface area (Å²) in [6.45, 7) is 1.88. The monoisotopic (exact) mass is 543 g/mol. The highest BCUT2D eigenvalue weighted by Crippen LogP contribution is 2.40. The van der Waals surface area contributed by atoms with Gasteiger partial charge in [-0.05, 0) is 42.1 Å². The van der Waals surface area contributed by atoms with Crippen molar-refractivity contribution in [3.05, 3.63) is 134 Å². The molecule has 0 aliphatic rings. The van der Waals surface area contributed by atoms with Crippen LogP contribution in [-0.4, -0.2) is 14.2 Å². The van der Waals surface area contributed by atoms with E-state index in [0.717, 1.165) is 10.4 Å². The number of sulfonamides is 1. The van der Waals surface area contributed by atoms with Crippen LogP contribution in [0.3, 0.4) is 0 Å². The van der Waals surface area contributed by atoms with Crippen LogP contribution in [0.4, 0.5) is 0 Å². The number of benzene rings is 3. The van der Waals surface area contributed by atoms with Gasteiger partial charge in [-0.2, -0.15) is 0 Å². The predicted octanol–water partition coefficient (Wildman–Crippen LogP) is 6.24. The lowest BCUT2D eigenvalue weighted by Gasteiger charge is -2.28. The summed E-state index contributed by atoms with van der Waals surface area (Å²) >= 11 is 1.39. The number of carbonyl (C=O) groups excluding carboxylic acids is 1. The summed E-state index contributed by atoms with van der Waals surface area (Å²) in [5.74, 6) is -0.861. The molecule has 192 valence electrons. The van der Waals surface area contributed by atoms with E-state index in [9.17, 15) is 18.0 Å². The number of carbonyl (C=O) groups is 1. The van der Waals surface area contributed by atoms with Gasteiger partial charge in [0.1, 0.15) is 5.58 Å². The molecule has 0 spiro atoms. The van der Waals surface area contributed by atoms with E-state index in [2.05, 4.69) is 4.72 Å². The van der Waals surface area contributed by atoms with Crippen molar-refractivity contribution in [1.82, 2.24) is 4.72 Å². The highest BCUT2D eigenvalue weighted by molar-refractivity contribution is 7.89. The summed E-state index contributed by atoms with van der Waals surface area (Å²) in [6, 6.07) is 26.7. The molecule has 0 aliphatic heterocycles. The van der Waals surface area contributed by atoms with Crippen molar-refractivity contribution < 1.29 is 17.6 Å². The van der Waals surface area contributed by atoms with Crippen LogP contribution in [-0.2, 0) is 10.0 Å². The molecule has 8 heteroatoms. The van der Waals surface area contributed by atoms with Crippen LogP contribution in [0.1, 0.15) is 44.7 Å². The van der Waals surface area contributed by atoms with Crippen molar-refractivity contribution in [1.29, 1.82) is 0 Å². The Labute approximate surface area is 224 Å². The summed E-state index contributed by atoms with van der Waals surface area (Å²) in [5, 5.41) is 2.50. The first kappa shape index (κ1) is 25.8. The Morgan fingerprint density at radius 1 is 0.921 bits per heavy atom. The Morgan fingerprint density at radius 3 is 2.34 bits per heavy atom. The molecule has 2 heterocycles. The number of thiophene rings is 1. The molecule has 2 atom stereocenters. The zero-order chi connectivity index (χ0) is 26.7. The van der Waals surface area contributed by atoms with Gasteiger partial charge in [-0.15, -0.1) is 11.3 Å². The minimum absolute atomic E-state index is 0.0313. The smallest absolute Gasteiger partial charge is 0.336 e. The van der Waals surface area contributed by atoms with E-state index >= 15 is 0 Å². The fraction of sp³-hybridized carbons (Fsp3) is 0.133. The van der Waals surface area contributed by atoms with Gasteiger partial charge in [0.2, 0.25) is 10.0 Å². The highest BCUT2D eigenvalue weighted by Gasteiger charge is 2.34. The van der Waals surface area contributed by atoms with E-state index in [4.69, 9.17) is 4.42 Å². The molecule has 2 aromatic heterocycles. The Bertz CT molecular complexity index is 1730. The minimum atomic E-state index is -3.98. The van der Waals surface area contributed by atoms with Gasteiger partial charge in [-0.25, -0.2) is 17.9 Å². The van der Waals surface area contributed by atoms with Gasteiger partial charge in [0.25, 0.3) is 0 Å². The largest absolute Gasteiger partial charge is 0.423 e. The highest BCUT2D eigenvalue weighted by atomic mass is 32.2. The van der Waals surface area contributed by atoms with Crippen molar-refractivity contribution in [2.75, 3.05) is 0 Å². The van der Waals surface area contributed by atoms with Crippen molar-refractivity contribution >= 4 is 38.1 Å². The van der Waals surface area contributed by atoms with Crippen LogP contribution >= 0.6 is 11.3 Å². The van der Waals surface area contributed by atoms with Crippen molar-refractivity contribution in [2.24, 2.45) is 0 Å². The number of para-hydroxylation sites is 1. The molecule has 6 nitrogen and oxygen atoms in total. The van der Waals surface area contributed by atoms with E-state index in [1.165, 1.54) is 17.4 Å². The molecule has 0 amide bonds. The van der Waals surface area contributed by atoms with Gasteiger partial charge in [0.05, 0.1) is 10.9 Å². The minimum Gasteiger partial charge on any atom is -0.423 e. The Balaban J connectivity index is 1.67. The molecule has 0 radical (unpaired) electrons. The fourth-order valence-electron chi connectivity index (χ4n) is 4.55. The Hall–Kier alpha value is -3.85. The first-order valence-electron chi connectivity index (χ1n) is 12.1. The van der Waals surface area contributed by atoms with Crippen LogP contribution in [0.25, 0.3) is 11.0 Å². The summed E-state index contributed by atoms with van der Waals surface area (Å²) < 4.78 is 35.5. The van der Waals surface area contributed by atoms with E-state index in [-0.39, 0.29) is 17.1 Å². The summed E-state index contributed by atoms with van der Waals surface area (Å²) in [7, 11) is -3.98. The molecular formula is C30H25NO5S2. The third kappa shape index (κ3) is 5.52. The molecule has 0 bridgehead atoms. The lowest BCUT2D eigenvalue weighted by atomic mass is 9.84. The van der Waals surface area contributed by atoms with E-state index in [1.54, 1.807) is 60.7 Å². The van der Waals surface area contributed by atoms with Gasteiger partial charge in [0, 0.05) is 34.2 Å². The van der Waals surface area contributed by atoms with Crippen LogP contribution in [0, 0.1) is 6.92 Å². The van der Waals surface area contributed by atoms with Crippen molar-refractivity contribution in [2.45, 2.75) is 30.2 Å².